The molecule has 1 heterocycles. The molecule has 1 aromatic heterocycles. The molecule has 3 rings (SSSR count). The lowest BCUT2D eigenvalue weighted by Crippen LogP contribution is -2.31. The Balaban J connectivity index is 1.67. The lowest BCUT2D eigenvalue weighted by Gasteiger charge is -2.23. The summed E-state index contributed by atoms with van der Waals surface area (Å²) in [5, 5.41) is 0.980. The minimum atomic E-state index is -0.0210. The summed E-state index contributed by atoms with van der Waals surface area (Å²) in [7, 11) is 1.86. The third kappa shape index (κ3) is 3.62. The van der Waals surface area contributed by atoms with Crippen molar-refractivity contribution in [2.75, 3.05) is 12.8 Å². The van der Waals surface area contributed by atoms with Gasteiger partial charge in [0.2, 0.25) is 5.91 Å². The molecule has 5 heteroatoms. The Hall–Kier alpha value is -1.85. The summed E-state index contributed by atoms with van der Waals surface area (Å²) in [6.07, 6.45) is 0. The normalized spacial score (nSPS) is 12.3. The van der Waals surface area contributed by atoms with Crippen molar-refractivity contribution in [3.05, 3.63) is 59.1 Å². The second-order valence-electron chi connectivity index (χ2n) is 5.75. The lowest BCUT2D eigenvalue weighted by atomic mass is 10.2. The Morgan fingerprint density at radius 2 is 1.92 bits per heavy atom. The monoisotopic (exact) mass is 356 g/mol. The SMILES string of the molecule is Cc1ccccc1SCC(=O)N(C)[C@H](C)c1nc2ccccc2s1. The molecule has 0 radical (unpaired) electrons. The van der Waals surface area contributed by atoms with E-state index < -0.39 is 0 Å². The van der Waals surface area contributed by atoms with Crippen molar-refractivity contribution < 1.29 is 4.79 Å². The molecule has 0 N–H and O–H groups in total. The summed E-state index contributed by atoms with van der Waals surface area (Å²) >= 11 is 3.25. The average molecular weight is 357 g/mol. The van der Waals surface area contributed by atoms with Crippen LogP contribution >= 0.6 is 23.1 Å². The highest BCUT2D eigenvalue weighted by Gasteiger charge is 2.20. The first kappa shape index (κ1) is 17.0. The van der Waals surface area contributed by atoms with Gasteiger partial charge in [-0.3, -0.25) is 4.79 Å². The van der Waals surface area contributed by atoms with Crippen LogP contribution in [0.1, 0.15) is 23.5 Å². The summed E-state index contributed by atoms with van der Waals surface area (Å²) in [6, 6.07) is 16.2. The summed E-state index contributed by atoms with van der Waals surface area (Å²) in [5.74, 6) is 0.561. The summed E-state index contributed by atoms with van der Waals surface area (Å²) < 4.78 is 1.16. The molecule has 0 saturated heterocycles. The fourth-order valence-electron chi connectivity index (χ4n) is 2.41. The summed E-state index contributed by atoms with van der Waals surface area (Å²) in [4.78, 5) is 20.2. The predicted molar refractivity (Wildman–Crippen MR) is 103 cm³/mol. The van der Waals surface area contributed by atoms with E-state index in [9.17, 15) is 4.79 Å². The van der Waals surface area contributed by atoms with Crippen LogP contribution < -0.4 is 0 Å². The number of hydrogen-bond acceptors (Lipinski definition) is 4. The number of thiazole rings is 1. The highest BCUT2D eigenvalue weighted by molar-refractivity contribution is 8.00. The largest absolute Gasteiger partial charge is 0.336 e. The zero-order valence-electron chi connectivity index (χ0n) is 14.0. The second kappa shape index (κ2) is 7.36. The van der Waals surface area contributed by atoms with Crippen molar-refractivity contribution in [1.82, 2.24) is 9.88 Å². The zero-order valence-corrected chi connectivity index (χ0v) is 15.7. The van der Waals surface area contributed by atoms with Crippen molar-refractivity contribution in [3.63, 3.8) is 0 Å². The van der Waals surface area contributed by atoms with Gasteiger partial charge >= 0.3 is 0 Å². The second-order valence-corrected chi connectivity index (χ2v) is 7.83. The van der Waals surface area contributed by atoms with Crippen molar-refractivity contribution in [1.29, 1.82) is 0 Å². The van der Waals surface area contributed by atoms with Crippen LogP contribution in [-0.4, -0.2) is 28.6 Å². The number of para-hydroxylation sites is 1. The lowest BCUT2D eigenvalue weighted by molar-refractivity contribution is -0.128. The summed E-state index contributed by atoms with van der Waals surface area (Å²) in [6.45, 7) is 4.11. The molecule has 0 aliphatic heterocycles. The molecule has 0 unspecified atom stereocenters. The van der Waals surface area contributed by atoms with Crippen LogP contribution in [0.4, 0.5) is 0 Å². The number of hydrogen-bond donors (Lipinski definition) is 0. The number of fused-ring (bicyclic) bond motifs is 1. The van der Waals surface area contributed by atoms with Crippen LogP contribution in [0.2, 0.25) is 0 Å². The molecule has 1 amide bonds. The van der Waals surface area contributed by atoms with E-state index in [2.05, 4.69) is 30.1 Å². The Kier molecular flexibility index (Phi) is 5.21. The number of nitrogens with zero attached hydrogens (tertiary/aromatic N) is 2. The van der Waals surface area contributed by atoms with Crippen molar-refractivity contribution in [2.45, 2.75) is 24.8 Å². The molecule has 0 spiro atoms. The molecule has 0 fully saturated rings. The van der Waals surface area contributed by atoms with Crippen LogP contribution in [-0.2, 0) is 4.79 Å². The number of thioether (sulfide) groups is 1. The molecular weight excluding hydrogens is 336 g/mol. The molecule has 124 valence electrons. The van der Waals surface area contributed by atoms with E-state index in [0.29, 0.717) is 5.75 Å². The van der Waals surface area contributed by atoms with Gasteiger partial charge in [-0.15, -0.1) is 23.1 Å². The van der Waals surface area contributed by atoms with Gasteiger partial charge in [0.1, 0.15) is 5.01 Å². The topological polar surface area (TPSA) is 33.2 Å². The number of carbonyl (C=O) groups excluding carboxylic acids is 1. The highest BCUT2D eigenvalue weighted by Crippen LogP contribution is 2.29. The van der Waals surface area contributed by atoms with Crippen LogP contribution in [0.25, 0.3) is 10.2 Å². The Morgan fingerprint density at radius 3 is 2.67 bits per heavy atom. The van der Waals surface area contributed by atoms with E-state index >= 15 is 0 Å². The van der Waals surface area contributed by atoms with Gasteiger partial charge in [0.25, 0.3) is 0 Å². The molecule has 1 atom stereocenters. The molecule has 24 heavy (non-hydrogen) atoms. The average Bonchev–Trinajstić information content (AvgIpc) is 3.03. The smallest absolute Gasteiger partial charge is 0.233 e. The maximum atomic E-state index is 12.5. The standard InChI is InChI=1S/C19H20N2OS2/c1-13-8-4-6-10-16(13)23-12-18(22)21(3)14(2)19-20-15-9-5-7-11-17(15)24-19/h4-11,14H,12H2,1-3H3/t14-/m1/s1. The molecule has 3 nitrogen and oxygen atoms in total. The first-order valence-electron chi connectivity index (χ1n) is 7.86. The third-order valence-electron chi connectivity index (χ3n) is 4.09. The number of carbonyl (C=O) groups is 1. The van der Waals surface area contributed by atoms with E-state index in [-0.39, 0.29) is 11.9 Å². The first-order chi connectivity index (χ1) is 11.6. The van der Waals surface area contributed by atoms with Gasteiger partial charge in [-0.1, -0.05) is 30.3 Å². The molecule has 0 saturated carbocycles. The van der Waals surface area contributed by atoms with Crippen LogP contribution in [0.5, 0.6) is 0 Å². The third-order valence-corrected chi connectivity index (χ3v) is 6.45. The fraction of sp³-hybridized carbons (Fsp3) is 0.263. The quantitative estimate of drug-likeness (QED) is 0.609. The Labute approximate surface area is 150 Å². The van der Waals surface area contributed by atoms with Crippen LogP contribution in [0, 0.1) is 6.92 Å². The number of aromatic nitrogens is 1. The fourth-order valence-corrected chi connectivity index (χ4v) is 4.43. The van der Waals surface area contributed by atoms with Gasteiger partial charge in [-0.2, -0.15) is 0 Å². The van der Waals surface area contributed by atoms with Gasteiger partial charge in [0.05, 0.1) is 22.0 Å². The number of benzene rings is 2. The molecule has 0 aliphatic rings. The summed E-state index contributed by atoms with van der Waals surface area (Å²) in [5.41, 5.74) is 2.21. The van der Waals surface area contributed by atoms with Crippen molar-refractivity contribution >= 4 is 39.2 Å². The number of rotatable bonds is 5. The van der Waals surface area contributed by atoms with Gasteiger partial charge in [-0.05, 0) is 37.6 Å². The van der Waals surface area contributed by atoms with Crippen molar-refractivity contribution in [2.24, 2.45) is 0 Å². The maximum absolute atomic E-state index is 12.5. The van der Waals surface area contributed by atoms with E-state index in [1.54, 1.807) is 28.0 Å². The Bertz CT molecular complexity index is 826. The molecule has 0 bridgehead atoms. The van der Waals surface area contributed by atoms with Gasteiger partial charge in [0.15, 0.2) is 0 Å². The van der Waals surface area contributed by atoms with E-state index in [1.165, 1.54) is 5.56 Å². The predicted octanol–water partition coefficient (Wildman–Crippen LogP) is 4.92. The number of aryl methyl sites for hydroxylation is 1. The molecular formula is C19H20N2OS2. The van der Waals surface area contributed by atoms with Gasteiger partial charge in [-0.25, -0.2) is 4.98 Å². The molecule has 2 aromatic carbocycles. The van der Waals surface area contributed by atoms with Crippen LogP contribution in [0.15, 0.2) is 53.4 Å². The van der Waals surface area contributed by atoms with E-state index in [4.69, 9.17) is 0 Å². The minimum Gasteiger partial charge on any atom is -0.336 e. The molecule has 3 aromatic rings. The first-order valence-corrected chi connectivity index (χ1v) is 9.66. The Morgan fingerprint density at radius 1 is 1.21 bits per heavy atom. The highest BCUT2D eigenvalue weighted by atomic mass is 32.2. The number of amides is 1. The molecule has 0 aliphatic carbocycles. The van der Waals surface area contributed by atoms with Gasteiger partial charge < -0.3 is 4.90 Å². The van der Waals surface area contributed by atoms with Crippen LogP contribution in [0.3, 0.4) is 0 Å². The van der Waals surface area contributed by atoms with E-state index in [1.807, 2.05) is 44.3 Å². The maximum Gasteiger partial charge on any atom is 0.233 e. The van der Waals surface area contributed by atoms with E-state index in [0.717, 1.165) is 20.1 Å². The zero-order chi connectivity index (χ0) is 17.1. The van der Waals surface area contributed by atoms with Crippen molar-refractivity contribution in [3.8, 4) is 0 Å². The van der Waals surface area contributed by atoms with Gasteiger partial charge in [0, 0.05) is 11.9 Å². The minimum absolute atomic E-state index is 0.0210.